The Hall–Kier alpha value is -2.43. The number of esters is 1. The maximum atomic E-state index is 13.6. The van der Waals surface area contributed by atoms with Gasteiger partial charge in [-0.1, -0.05) is 0 Å². The fourth-order valence-electron chi connectivity index (χ4n) is 1.47. The Morgan fingerprint density at radius 2 is 1.63 bits per heavy atom. The number of hydrogen-bond acceptors (Lipinski definition) is 3. The van der Waals surface area contributed by atoms with Crippen LogP contribution in [-0.2, 0) is 4.74 Å². The van der Waals surface area contributed by atoms with Crippen molar-refractivity contribution in [3.63, 3.8) is 0 Å². The van der Waals surface area contributed by atoms with Gasteiger partial charge in [0.25, 0.3) is 0 Å². The van der Waals surface area contributed by atoms with Gasteiger partial charge in [-0.2, -0.15) is 0 Å². The lowest BCUT2D eigenvalue weighted by Crippen LogP contribution is -2.04. The monoisotopic (exact) mass is 264 g/mol. The standard InChI is InChI=1S/C14H10F2O3/c1-18-14(17)12-7-6-11(8-13(12)16)19-10-4-2-9(15)3-5-10/h2-8H,1H3. The summed E-state index contributed by atoms with van der Waals surface area (Å²) in [6, 6.07) is 9.06. The molecule has 0 N–H and O–H groups in total. The molecule has 2 rings (SSSR count). The number of benzene rings is 2. The first-order valence-electron chi connectivity index (χ1n) is 5.41. The van der Waals surface area contributed by atoms with Crippen LogP contribution in [0.1, 0.15) is 10.4 Å². The van der Waals surface area contributed by atoms with Gasteiger partial charge in [0.05, 0.1) is 12.7 Å². The number of ether oxygens (including phenoxy) is 2. The summed E-state index contributed by atoms with van der Waals surface area (Å²) < 4.78 is 36.1. The predicted octanol–water partition coefficient (Wildman–Crippen LogP) is 3.54. The van der Waals surface area contributed by atoms with Crippen LogP contribution in [0.4, 0.5) is 8.78 Å². The third kappa shape index (κ3) is 3.07. The van der Waals surface area contributed by atoms with E-state index in [-0.39, 0.29) is 17.1 Å². The van der Waals surface area contributed by atoms with Crippen molar-refractivity contribution in [2.75, 3.05) is 7.11 Å². The zero-order valence-corrected chi connectivity index (χ0v) is 10.0. The van der Waals surface area contributed by atoms with Gasteiger partial charge in [-0.15, -0.1) is 0 Å². The van der Waals surface area contributed by atoms with E-state index in [9.17, 15) is 13.6 Å². The summed E-state index contributed by atoms with van der Waals surface area (Å²) >= 11 is 0. The molecule has 5 heteroatoms. The molecule has 0 aromatic heterocycles. The van der Waals surface area contributed by atoms with Crippen LogP contribution in [-0.4, -0.2) is 13.1 Å². The first kappa shape index (κ1) is 13.0. The summed E-state index contributed by atoms with van der Waals surface area (Å²) in [5.41, 5.74) is -0.172. The van der Waals surface area contributed by atoms with Gasteiger partial charge in [0, 0.05) is 6.07 Å². The highest BCUT2D eigenvalue weighted by Gasteiger charge is 2.12. The molecule has 0 radical (unpaired) electrons. The highest BCUT2D eigenvalue weighted by atomic mass is 19.1. The fraction of sp³-hybridized carbons (Fsp3) is 0.0714. The Morgan fingerprint density at radius 1 is 1.00 bits per heavy atom. The largest absolute Gasteiger partial charge is 0.465 e. The lowest BCUT2D eigenvalue weighted by atomic mass is 10.2. The van der Waals surface area contributed by atoms with Gasteiger partial charge in [-0.3, -0.25) is 0 Å². The Morgan fingerprint density at radius 3 is 2.21 bits per heavy atom. The molecular weight excluding hydrogens is 254 g/mol. The molecule has 98 valence electrons. The lowest BCUT2D eigenvalue weighted by Gasteiger charge is -2.07. The van der Waals surface area contributed by atoms with Crippen molar-refractivity contribution >= 4 is 5.97 Å². The minimum Gasteiger partial charge on any atom is -0.465 e. The van der Waals surface area contributed by atoms with E-state index in [4.69, 9.17) is 4.74 Å². The SMILES string of the molecule is COC(=O)c1ccc(Oc2ccc(F)cc2)cc1F. The van der Waals surface area contributed by atoms with Crippen LogP contribution in [0.15, 0.2) is 42.5 Å². The average Bonchev–Trinajstić information content (AvgIpc) is 2.41. The van der Waals surface area contributed by atoms with Crippen molar-refractivity contribution in [3.05, 3.63) is 59.7 Å². The lowest BCUT2D eigenvalue weighted by molar-refractivity contribution is 0.0595. The van der Waals surface area contributed by atoms with Gasteiger partial charge >= 0.3 is 5.97 Å². The molecule has 0 heterocycles. The minimum atomic E-state index is -0.758. The van der Waals surface area contributed by atoms with Gasteiger partial charge in [0.15, 0.2) is 0 Å². The van der Waals surface area contributed by atoms with E-state index in [2.05, 4.69) is 4.74 Å². The van der Waals surface area contributed by atoms with Crippen LogP contribution >= 0.6 is 0 Å². The normalized spacial score (nSPS) is 10.1. The summed E-state index contributed by atoms with van der Waals surface area (Å²) in [5, 5.41) is 0. The molecule has 0 aliphatic rings. The molecular formula is C14H10F2O3. The zero-order valence-electron chi connectivity index (χ0n) is 10.0. The van der Waals surface area contributed by atoms with Crippen LogP contribution < -0.4 is 4.74 Å². The van der Waals surface area contributed by atoms with Gasteiger partial charge in [0.1, 0.15) is 23.1 Å². The highest BCUT2D eigenvalue weighted by molar-refractivity contribution is 5.89. The Kier molecular flexibility index (Phi) is 3.75. The molecule has 0 unspecified atom stereocenters. The van der Waals surface area contributed by atoms with Crippen LogP contribution in [0, 0.1) is 11.6 Å². The molecule has 3 nitrogen and oxygen atoms in total. The molecule has 0 atom stereocenters. The highest BCUT2D eigenvalue weighted by Crippen LogP contribution is 2.23. The van der Waals surface area contributed by atoms with Crippen molar-refractivity contribution in [2.45, 2.75) is 0 Å². The third-order valence-electron chi connectivity index (χ3n) is 2.40. The minimum absolute atomic E-state index is 0.172. The summed E-state index contributed by atoms with van der Waals surface area (Å²) in [6.07, 6.45) is 0. The molecule has 0 spiro atoms. The Labute approximate surface area is 108 Å². The first-order chi connectivity index (χ1) is 9.10. The number of rotatable bonds is 3. The van der Waals surface area contributed by atoms with Gasteiger partial charge in [-0.25, -0.2) is 13.6 Å². The second kappa shape index (κ2) is 5.48. The van der Waals surface area contributed by atoms with E-state index in [0.717, 1.165) is 6.07 Å². The quantitative estimate of drug-likeness (QED) is 0.795. The van der Waals surface area contributed by atoms with Crippen LogP contribution in [0.2, 0.25) is 0 Å². The maximum Gasteiger partial charge on any atom is 0.340 e. The number of halogens is 2. The summed E-state index contributed by atoms with van der Waals surface area (Å²) in [7, 11) is 1.17. The molecule has 0 bridgehead atoms. The number of carbonyl (C=O) groups is 1. The van der Waals surface area contributed by atoms with E-state index in [1.807, 2.05) is 0 Å². The van der Waals surface area contributed by atoms with E-state index in [1.54, 1.807) is 0 Å². The third-order valence-corrected chi connectivity index (χ3v) is 2.40. The van der Waals surface area contributed by atoms with E-state index in [1.165, 1.54) is 43.5 Å². The smallest absolute Gasteiger partial charge is 0.340 e. The number of carbonyl (C=O) groups excluding carboxylic acids is 1. The molecule has 2 aromatic rings. The van der Waals surface area contributed by atoms with Crippen LogP contribution in [0.3, 0.4) is 0 Å². The maximum absolute atomic E-state index is 13.6. The van der Waals surface area contributed by atoms with Crippen molar-refractivity contribution in [3.8, 4) is 11.5 Å². The van der Waals surface area contributed by atoms with E-state index < -0.39 is 11.8 Å². The zero-order chi connectivity index (χ0) is 13.8. The molecule has 0 aliphatic heterocycles. The number of methoxy groups -OCH3 is 1. The molecule has 2 aromatic carbocycles. The molecule has 0 aliphatic carbocycles. The first-order valence-corrected chi connectivity index (χ1v) is 5.41. The van der Waals surface area contributed by atoms with E-state index >= 15 is 0 Å². The Bertz CT molecular complexity index is 594. The van der Waals surface area contributed by atoms with Gasteiger partial charge < -0.3 is 9.47 Å². The van der Waals surface area contributed by atoms with Crippen LogP contribution in [0.25, 0.3) is 0 Å². The van der Waals surface area contributed by atoms with Crippen molar-refractivity contribution in [1.82, 2.24) is 0 Å². The summed E-state index contributed by atoms with van der Waals surface area (Å²) in [5.74, 6) is -1.32. The van der Waals surface area contributed by atoms with Gasteiger partial charge in [0.2, 0.25) is 0 Å². The summed E-state index contributed by atoms with van der Waals surface area (Å²) in [6.45, 7) is 0. The van der Waals surface area contributed by atoms with Gasteiger partial charge in [-0.05, 0) is 36.4 Å². The molecule has 0 saturated carbocycles. The average molecular weight is 264 g/mol. The number of hydrogen-bond donors (Lipinski definition) is 0. The molecule has 0 fully saturated rings. The topological polar surface area (TPSA) is 35.5 Å². The van der Waals surface area contributed by atoms with Crippen molar-refractivity contribution in [1.29, 1.82) is 0 Å². The van der Waals surface area contributed by atoms with Crippen molar-refractivity contribution in [2.24, 2.45) is 0 Å². The second-order valence-electron chi connectivity index (χ2n) is 3.69. The predicted molar refractivity (Wildman–Crippen MR) is 64.2 cm³/mol. The molecule has 0 saturated heterocycles. The molecule has 19 heavy (non-hydrogen) atoms. The van der Waals surface area contributed by atoms with E-state index in [0.29, 0.717) is 5.75 Å². The Balaban J connectivity index is 2.20. The second-order valence-corrected chi connectivity index (χ2v) is 3.69. The molecule has 0 amide bonds. The van der Waals surface area contributed by atoms with Crippen molar-refractivity contribution < 1.29 is 23.0 Å². The van der Waals surface area contributed by atoms with Crippen LogP contribution in [0.5, 0.6) is 11.5 Å². The fourth-order valence-corrected chi connectivity index (χ4v) is 1.47. The summed E-state index contributed by atoms with van der Waals surface area (Å²) in [4.78, 5) is 11.2.